The van der Waals surface area contributed by atoms with Gasteiger partial charge in [-0.15, -0.1) is 0 Å². The Morgan fingerprint density at radius 3 is 2.18 bits per heavy atom. The SMILES string of the molecule is CCc1ccc(N(CC(N)=O)S(C)(=O)=O)cc1. The summed E-state index contributed by atoms with van der Waals surface area (Å²) >= 11 is 0. The van der Waals surface area contributed by atoms with Crippen molar-refractivity contribution in [3.05, 3.63) is 29.8 Å². The third-order valence-corrected chi connectivity index (χ3v) is 3.47. The van der Waals surface area contributed by atoms with Gasteiger partial charge in [-0.2, -0.15) is 0 Å². The van der Waals surface area contributed by atoms with E-state index in [0.29, 0.717) is 5.69 Å². The molecule has 0 unspecified atom stereocenters. The van der Waals surface area contributed by atoms with Crippen LogP contribution in [0.25, 0.3) is 0 Å². The second-order valence-electron chi connectivity index (χ2n) is 3.76. The molecule has 0 spiro atoms. The van der Waals surface area contributed by atoms with E-state index in [-0.39, 0.29) is 6.54 Å². The largest absolute Gasteiger partial charge is 0.368 e. The van der Waals surface area contributed by atoms with Crippen LogP contribution in [-0.4, -0.2) is 27.1 Å². The molecule has 1 amide bonds. The molecule has 1 aromatic carbocycles. The Balaban J connectivity index is 3.09. The molecule has 17 heavy (non-hydrogen) atoms. The first-order valence-electron chi connectivity index (χ1n) is 5.19. The van der Waals surface area contributed by atoms with E-state index < -0.39 is 15.9 Å². The van der Waals surface area contributed by atoms with Crippen molar-refractivity contribution in [1.29, 1.82) is 0 Å². The first kappa shape index (κ1) is 13.5. The fraction of sp³-hybridized carbons (Fsp3) is 0.364. The molecule has 94 valence electrons. The average molecular weight is 256 g/mol. The molecular formula is C11H16N2O3S. The predicted molar refractivity (Wildman–Crippen MR) is 67.2 cm³/mol. The highest BCUT2D eigenvalue weighted by Crippen LogP contribution is 2.18. The Labute approximate surface area is 101 Å². The Hall–Kier alpha value is -1.56. The number of aryl methyl sites for hydroxylation is 1. The number of nitrogens with two attached hydrogens (primary N) is 1. The molecule has 0 aliphatic rings. The van der Waals surface area contributed by atoms with Crippen LogP contribution in [0.4, 0.5) is 5.69 Å². The molecule has 0 saturated heterocycles. The van der Waals surface area contributed by atoms with Crippen molar-refractivity contribution in [2.75, 3.05) is 17.1 Å². The number of primary amides is 1. The lowest BCUT2D eigenvalue weighted by molar-refractivity contribution is -0.116. The summed E-state index contributed by atoms with van der Waals surface area (Å²) in [6, 6.07) is 6.99. The summed E-state index contributed by atoms with van der Waals surface area (Å²) in [5.41, 5.74) is 6.58. The molecule has 0 atom stereocenters. The van der Waals surface area contributed by atoms with Gasteiger partial charge in [0.2, 0.25) is 15.9 Å². The number of carbonyl (C=O) groups excluding carboxylic acids is 1. The van der Waals surface area contributed by atoms with Crippen LogP contribution >= 0.6 is 0 Å². The number of hydrogen-bond donors (Lipinski definition) is 1. The highest BCUT2D eigenvalue weighted by Gasteiger charge is 2.19. The van der Waals surface area contributed by atoms with Crippen LogP contribution < -0.4 is 10.0 Å². The third kappa shape index (κ3) is 3.74. The zero-order valence-electron chi connectivity index (χ0n) is 9.88. The maximum atomic E-state index is 11.5. The molecule has 0 bridgehead atoms. The average Bonchev–Trinajstić information content (AvgIpc) is 2.24. The lowest BCUT2D eigenvalue weighted by Gasteiger charge is -2.20. The van der Waals surface area contributed by atoms with Crippen LogP contribution in [0.5, 0.6) is 0 Å². The molecule has 0 aliphatic heterocycles. The van der Waals surface area contributed by atoms with E-state index >= 15 is 0 Å². The van der Waals surface area contributed by atoms with Crippen molar-refractivity contribution in [3.8, 4) is 0 Å². The number of nitrogens with zero attached hydrogens (tertiary/aromatic N) is 1. The highest BCUT2D eigenvalue weighted by molar-refractivity contribution is 7.92. The monoisotopic (exact) mass is 256 g/mol. The van der Waals surface area contributed by atoms with Crippen molar-refractivity contribution < 1.29 is 13.2 Å². The minimum atomic E-state index is -3.50. The highest BCUT2D eigenvalue weighted by atomic mass is 32.2. The van der Waals surface area contributed by atoms with Crippen molar-refractivity contribution >= 4 is 21.6 Å². The second-order valence-corrected chi connectivity index (χ2v) is 5.66. The number of benzene rings is 1. The zero-order chi connectivity index (χ0) is 13.1. The first-order valence-corrected chi connectivity index (χ1v) is 7.04. The summed E-state index contributed by atoms with van der Waals surface area (Å²) in [7, 11) is -3.50. The zero-order valence-corrected chi connectivity index (χ0v) is 10.7. The predicted octanol–water partition coefficient (Wildman–Crippen LogP) is 0.500. The lowest BCUT2D eigenvalue weighted by Crippen LogP contribution is -2.37. The Morgan fingerprint density at radius 1 is 1.29 bits per heavy atom. The molecule has 0 aromatic heterocycles. The van der Waals surface area contributed by atoms with Gasteiger partial charge in [-0.05, 0) is 24.1 Å². The van der Waals surface area contributed by atoms with Crippen LogP contribution in [0.15, 0.2) is 24.3 Å². The van der Waals surface area contributed by atoms with Crippen LogP contribution in [-0.2, 0) is 21.2 Å². The van der Waals surface area contributed by atoms with Crippen molar-refractivity contribution in [2.45, 2.75) is 13.3 Å². The number of amides is 1. The molecule has 0 radical (unpaired) electrons. The molecule has 1 rings (SSSR count). The number of anilines is 1. The Morgan fingerprint density at radius 2 is 1.82 bits per heavy atom. The van der Waals surface area contributed by atoms with Gasteiger partial charge in [0.15, 0.2) is 0 Å². The van der Waals surface area contributed by atoms with E-state index in [1.807, 2.05) is 19.1 Å². The molecule has 2 N–H and O–H groups in total. The molecule has 1 aromatic rings. The summed E-state index contributed by atoms with van der Waals surface area (Å²) < 4.78 is 24.1. The van der Waals surface area contributed by atoms with Crippen molar-refractivity contribution in [2.24, 2.45) is 5.73 Å². The van der Waals surface area contributed by atoms with Gasteiger partial charge in [-0.1, -0.05) is 19.1 Å². The van der Waals surface area contributed by atoms with Gasteiger partial charge in [0.1, 0.15) is 6.54 Å². The fourth-order valence-electron chi connectivity index (χ4n) is 1.44. The number of sulfonamides is 1. The maximum absolute atomic E-state index is 11.5. The summed E-state index contributed by atoms with van der Waals surface area (Å²) in [5.74, 6) is -0.685. The topological polar surface area (TPSA) is 80.5 Å². The van der Waals surface area contributed by atoms with Gasteiger partial charge >= 0.3 is 0 Å². The van der Waals surface area contributed by atoms with E-state index in [0.717, 1.165) is 22.5 Å². The van der Waals surface area contributed by atoms with Crippen LogP contribution in [0, 0.1) is 0 Å². The fourth-order valence-corrected chi connectivity index (χ4v) is 2.31. The van der Waals surface area contributed by atoms with Crippen LogP contribution in [0.3, 0.4) is 0 Å². The van der Waals surface area contributed by atoms with E-state index in [9.17, 15) is 13.2 Å². The number of hydrogen-bond acceptors (Lipinski definition) is 3. The summed E-state index contributed by atoms with van der Waals surface area (Å²) in [4.78, 5) is 10.9. The molecule has 6 heteroatoms. The second kappa shape index (κ2) is 5.18. The molecule has 0 heterocycles. The summed E-state index contributed by atoms with van der Waals surface area (Å²) in [6.07, 6.45) is 1.92. The van der Waals surface area contributed by atoms with Gasteiger partial charge in [0.25, 0.3) is 0 Å². The van der Waals surface area contributed by atoms with Gasteiger partial charge in [0, 0.05) is 0 Å². The number of carbonyl (C=O) groups is 1. The maximum Gasteiger partial charge on any atom is 0.238 e. The minimum absolute atomic E-state index is 0.343. The van der Waals surface area contributed by atoms with E-state index in [4.69, 9.17) is 5.73 Å². The molecule has 0 fully saturated rings. The van der Waals surface area contributed by atoms with Crippen molar-refractivity contribution in [1.82, 2.24) is 0 Å². The summed E-state index contributed by atoms with van der Waals surface area (Å²) in [6.45, 7) is 1.66. The standard InChI is InChI=1S/C11H16N2O3S/c1-3-9-4-6-10(7-5-9)13(8-11(12)14)17(2,15)16/h4-7H,3,8H2,1-2H3,(H2,12,14). The summed E-state index contributed by atoms with van der Waals surface area (Å²) in [5, 5.41) is 0. The van der Waals surface area contributed by atoms with Gasteiger partial charge < -0.3 is 5.73 Å². The van der Waals surface area contributed by atoms with E-state index in [2.05, 4.69) is 0 Å². The van der Waals surface area contributed by atoms with Gasteiger partial charge in [0.05, 0.1) is 11.9 Å². The van der Waals surface area contributed by atoms with E-state index in [1.54, 1.807) is 12.1 Å². The molecule has 0 saturated carbocycles. The normalized spacial score (nSPS) is 11.2. The smallest absolute Gasteiger partial charge is 0.238 e. The van der Waals surface area contributed by atoms with Crippen molar-refractivity contribution in [3.63, 3.8) is 0 Å². The van der Waals surface area contributed by atoms with Gasteiger partial charge in [-0.25, -0.2) is 8.42 Å². The number of rotatable bonds is 5. The Bertz CT molecular complexity index is 494. The molecule has 0 aliphatic carbocycles. The third-order valence-electron chi connectivity index (χ3n) is 2.33. The molecule has 5 nitrogen and oxygen atoms in total. The van der Waals surface area contributed by atoms with Crippen LogP contribution in [0.2, 0.25) is 0 Å². The quantitative estimate of drug-likeness (QED) is 0.833. The molecular weight excluding hydrogens is 240 g/mol. The van der Waals surface area contributed by atoms with Crippen LogP contribution in [0.1, 0.15) is 12.5 Å². The first-order chi connectivity index (χ1) is 7.84. The van der Waals surface area contributed by atoms with Gasteiger partial charge in [-0.3, -0.25) is 9.10 Å². The Kier molecular flexibility index (Phi) is 4.11. The van der Waals surface area contributed by atoms with E-state index in [1.165, 1.54) is 0 Å². The lowest BCUT2D eigenvalue weighted by atomic mass is 10.1. The minimum Gasteiger partial charge on any atom is -0.368 e.